The number of benzene rings is 1. The van der Waals surface area contributed by atoms with Crippen molar-refractivity contribution >= 4 is 5.78 Å². The average molecular weight is 459 g/mol. The van der Waals surface area contributed by atoms with Crippen LogP contribution in [-0.4, -0.2) is 40.3 Å². The predicted molar refractivity (Wildman–Crippen MR) is 123 cm³/mol. The first-order valence-electron chi connectivity index (χ1n) is 11.4. The number of nitrogens with zero attached hydrogens (tertiary/aromatic N) is 2. The Morgan fingerprint density at radius 1 is 1.36 bits per heavy atom. The van der Waals surface area contributed by atoms with Crippen LogP contribution in [0.15, 0.2) is 35.6 Å². The number of hydrogen-bond donors (Lipinski definition) is 1. The van der Waals surface area contributed by atoms with Crippen LogP contribution >= 0.6 is 0 Å². The van der Waals surface area contributed by atoms with Gasteiger partial charge in [0.1, 0.15) is 17.4 Å². The number of fused-ring (bicyclic) bond motifs is 1. The third-order valence-corrected chi connectivity index (χ3v) is 5.94. The fourth-order valence-corrected chi connectivity index (χ4v) is 3.96. The zero-order chi connectivity index (χ0) is 24.0. The number of aromatic hydroxyl groups is 1. The average Bonchev–Trinajstić information content (AvgIpc) is 2.99. The van der Waals surface area contributed by atoms with Crippen LogP contribution in [0.3, 0.4) is 0 Å². The summed E-state index contributed by atoms with van der Waals surface area (Å²) in [5.74, 6) is -0.845. The third-order valence-electron chi connectivity index (χ3n) is 5.94. The minimum Gasteiger partial charge on any atom is -0.501 e. The summed E-state index contributed by atoms with van der Waals surface area (Å²) in [5.41, 5.74) is -0.183. The molecule has 0 radical (unpaired) electrons. The van der Waals surface area contributed by atoms with Gasteiger partial charge >= 0.3 is 0 Å². The van der Waals surface area contributed by atoms with Gasteiger partial charge in [-0.1, -0.05) is 26.0 Å². The van der Waals surface area contributed by atoms with Crippen LogP contribution in [0.4, 0.5) is 4.39 Å². The Labute approximate surface area is 192 Å². The van der Waals surface area contributed by atoms with E-state index in [1.165, 1.54) is 16.7 Å². The molecule has 1 aliphatic heterocycles. The van der Waals surface area contributed by atoms with Crippen molar-refractivity contribution in [1.29, 1.82) is 0 Å². The van der Waals surface area contributed by atoms with Gasteiger partial charge in [-0.15, -0.1) is 6.58 Å². The Kier molecular flexibility index (Phi) is 8.38. The summed E-state index contributed by atoms with van der Waals surface area (Å²) in [6.07, 6.45) is 3.86. The van der Waals surface area contributed by atoms with E-state index in [0.29, 0.717) is 56.2 Å². The highest BCUT2D eigenvalue weighted by Crippen LogP contribution is 2.29. The zero-order valence-corrected chi connectivity index (χ0v) is 19.2. The van der Waals surface area contributed by atoms with Gasteiger partial charge in [0.2, 0.25) is 5.75 Å². The summed E-state index contributed by atoms with van der Waals surface area (Å²) in [6.45, 7) is 8.63. The molecule has 8 heteroatoms. The first kappa shape index (κ1) is 24.6. The lowest BCUT2D eigenvalue weighted by molar-refractivity contribution is 0.0973. The van der Waals surface area contributed by atoms with Gasteiger partial charge in [0.05, 0.1) is 25.9 Å². The van der Waals surface area contributed by atoms with E-state index < -0.39 is 22.9 Å². The van der Waals surface area contributed by atoms with Gasteiger partial charge in [-0.05, 0) is 37.3 Å². The quantitative estimate of drug-likeness (QED) is 0.324. The lowest BCUT2D eigenvalue weighted by Gasteiger charge is -2.21. The summed E-state index contributed by atoms with van der Waals surface area (Å²) in [6, 6.07) is 3.91. The lowest BCUT2D eigenvalue weighted by Crippen LogP contribution is -2.32. The molecular formula is C25H31FN2O5. The van der Waals surface area contributed by atoms with Gasteiger partial charge in [0.25, 0.3) is 5.56 Å². The second-order valence-corrected chi connectivity index (χ2v) is 8.15. The molecule has 0 fully saturated rings. The summed E-state index contributed by atoms with van der Waals surface area (Å²) >= 11 is 0. The van der Waals surface area contributed by atoms with Crippen LogP contribution in [-0.2, 0) is 11.2 Å². The maximum absolute atomic E-state index is 13.7. The van der Waals surface area contributed by atoms with Gasteiger partial charge in [0.15, 0.2) is 11.5 Å². The Hall–Kier alpha value is -3.00. The first-order chi connectivity index (χ1) is 15.9. The van der Waals surface area contributed by atoms with E-state index in [0.717, 1.165) is 0 Å². The highest BCUT2D eigenvalue weighted by Gasteiger charge is 2.30. The molecule has 33 heavy (non-hydrogen) atoms. The van der Waals surface area contributed by atoms with Crippen molar-refractivity contribution in [3.8, 4) is 11.5 Å². The predicted octanol–water partition coefficient (Wildman–Crippen LogP) is 4.33. The molecule has 0 amide bonds. The number of ether oxygens (including phenoxy) is 2. The Balaban J connectivity index is 1.88. The van der Waals surface area contributed by atoms with Gasteiger partial charge in [-0.25, -0.2) is 9.37 Å². The Bertz CT molecular complexity index is 1070. The molecule has 0 aliphatic carbocycles. The molecule has 0 spiro atoms. The summed E-state index contributed by atoms with van der Waals surface area (Å²) < 4.78 is 26.5. The Morgan fingerprint density at radius 2 is 2.15 bits per heavy atom. The van der Waals surface area contributed by atoms with Crippen molar-refractivity contribution in [2.75, 3.05) is 19.8 Å². The van der Waals surface area contributed by atoms with Gasteiger partial charge in [0, 0.05) is 18.4 Å². The number of ketones is 1. The molecule has 0 saturated carbocycles. The number of halogens is 1. The Morgan fingerprint density at radius 3 is 2.85 bits per heavy atom. The van der Waals surface area contributed by atoms with Crippen LogP contribution in [0.5, 0.6) is 11.5 Å². The first-order valence-corrected chi connectivity index (χ1v) is 11.4. The lowest BCUT2D eigenvalue weighted by atomic mass is 10.0. The van der Waals surface area contributed by atoms with Crippen molar-refractivity contribution < 1.29 is 23.8 Å². The number of hydrogen-bond acceptors (Lipinski definition) is 6. The van der Waals surface area contributed by atoms with E-state index >= 15 is 0 Å². The minimum absolute atomic E-state index is 0.0165. The number of aromatic nitrogens is 2. The molecule has 1 N–H and O–H groups in total. The third kappa shape index (κ3) is 5.50. The monoisotopic (exact) mass is 458 g/mol. The topological polar surface area (TPSA) is 90.7 Å². The number of carbonyl (C=O) groups excluding carboxylic acids is 1. The molecule has 1 aromatic carbocycles. The molecule has 3 rings (SSSR count). The van der Waals surface area contributed by atoms with Crippen molar-refractivity contribution in [3.63, 3.8) is 0 Å². The fraction of sp³-hybridized carbons (Fsp3) is 0.480. The molecule has 0 unspecified atom stereocenters. The smallest absolute Gasteiger partial charge is 0.296 e. The highest BCUT2D eigenvalue weighted by atomic mass is 19.1. The number of rotatable bonds is 10. The second-order valence-electron chi connectivity index (χ2n) is 8.15. The van der Waals surface area contributed by atoms with Crippen LogP contribution in [0.1, 0.15) is 73.4 Å². The van der Waals surface area contributed by atoms with Crippen LogP contribution in [0.25, 0.3) is 0 Å². The molecular weight excluding hydrogens is 427 g/mol. The van der Waals surface area contributed by atoms with Crippen molar-refractivity contribution in [3.05, 3.63) is 64.1 Å². The molecule has 7 nitrogen and oxygen atoms in total. The molecule has 178 valence electrons. The van der Waals surface area contributed by atoms with Crippen LogP contribution in [0.2, 0.25) is 0 Å². The van der Waals surface area contributed by atoms with E-state index in [4.69, 9.17) is 9.47 Å². The van der Waals surface area contributed by atoms with Gasteiger partial charge < -0.3 is 14.6 Å². The summed E-state index contributed by atoms with van der Waals surface area (Å²) in [4.78, 5) is 30.5. The maximum atomic E-state index is 13.7. The van der Waals surface area contributed by atoms with E-state index in [1.54, 1.807) is 12.1 Å². The maximum Gasteiger partial charge on any atom is 0.296 e. The van der Waals surface area contributed by atoms with Crippen molar-refractivity contribution in [2.45, 2.75) is 57.9 Å². The molecule has 1 aliphatic rings. The van der Waals surface area contributed by atoms with E-state index in [9.17, 15) is 19.1 Å². The van der Waals surface area contributed by atoms with E-state index in [2.05, 4.69) is 11.6 Å². The van der Waals surface area contributed by atoms with E-state index in [-0.39, 0.29) is 30.5 Å². The van der Waals surface area contributed by atoms with Crippen LogP contribution in [0, 0.1) is 5.82 Å². The van der Waals surface area contributed by atoms with Crippen LogP contribution < -0.4 is 10.3 Å². The minimum atomic E-state index is -0.638. The fourth-order valence-electron chi connectivity index (χ4n) is 3.96. The molecule has 0 bridgehead atoms. The standard InChI is InChI=1S/C25H31FN2O5/c1-4-7-12-33-21-13-18(26)10-8-17(21)9-11-20(29)22-23(30)25(31)28-19(6-3)15-32-14-16(5-2)24(28)27-22/h4,8,10,13,16,19,30H,1,5-7,9,11-12,14-15H2,2-3H3/t16-,19+/m1/s1. The summed E-state index contributed by atoms with van der Waals surface area (Å²) in [7, 11) is 0. The highest BCUT2D eigenvalue weighted by molar-refractivity contribution is 5.96. The van der Waals surface area contributed by atoms with Gasteiger partial charge in [-0.2, -0.15) is 0 Å². The van der Waals surface area contributed by atoms with Crippen molar-refractivity contribution in [2.24, 2.45) is 0 Å². The number of aryl methyl sites for hydroxylation is 1. The normalized spacial score (nSPS) is 17.8. The van der Waals surface area contributed by atoms with E-state index in [1.807, 2.05) is 13.8 Å². The molecule has 2 aromatic rings. The van der Waals surface area contributed by atoms with Gasteiger partial charge in [-0.3, -0.25) is 14.2 Å². The molecule has 1 aromatic heterocycles. The molecule has 2 heterocycles. The largest absolute Gasteiger partial charge is 0.501 e. The summed E-state index contributed by atoms with van der Waals surface area (Å²) in [5, 5.41) is 10.6. The molecule has 0 saturated heterocycles. The zero-order valence-electron chi connectivity index (χ0n) is 19.2. The number of carbonyl (C=O) groups is 1. The molecule has 2 atom stereocenters. The number of Topliss-reactive ketones (excluding diaryl/α,β-unsaturated/α-hetero) is 1. The SMILES string of the molecule is C=CCCOc1cc(F)ccc1CCC(=O)c1nc2n(c(=O)c1O)[C@@H](CC)COC[C@H]2CC. The van der Waals surface area contributed by atoms with Crippen molar-refractivity contribution in [1.82, 2.24) is 9.55 Å². The second kappa shape index (κ2) is 11.2.